The van der Waals surface area contributed by atoms with Gasteiger partial charge in [-0.25, -0.2) is 13.2 Å². The predicted molar refractivity (Wildman–Crippen MR) is 70.3 cm³/mol. The van der Waals surface area contributed by atoms with Gasteiger partial charge in [0.1, 0.15) is 5.75 Å². The van der Waals surface area contributed by atoms with Crippen LogP contribution in [-0.2, 0) is 10.0 Å². The van der Waals surface area contributed by atoms with Gasteiger partial charge in [0, 0.05) is 13.1 Å². The Balaban J connectivity index is 2.41. The van der Waals surface area contributed by atoms with Gasteiger partial charge in [-0.3, -0.25) is 4.31 Å². The van der Waals surface area contributed by atoms with Crippen molar-refractivity contribution in [1.82, 2.24) is 0 Å². The van der Waals surface area contributed by atoms with Crippen molar-refractivity contribution in [1.29, 1.82) is 0 Å². The Hall–Kier alpha value is -1.76. The predicted octanol–water partition coefficient (Wildman–Crippen LogP) is 1.32. The molecule has 0 unspecified atom stereocenters. The van der Waals surface area contributed by atoms with Gasteiger partial charge in [-0.1, -0.05) is 0 Å². The molecule has 19 heavy (non-hydrogen) atoms. The molecule has 0 amide bonds. The van der Waals surface area contributed by atoms with E-state index in [9.17, 15) is 13.2 Å². The van der Waals surface area contributed by atoms with Crippen LogP contribution in [0.15, 0.2) is 18.2 Å². The Kier molecular flexibility index (Phi) is 3.40. The molecule has 0 radical (unpaired) electrons. The quantitative estimate of drug-likeness (QED) is 0.882. The zero-order valence-electron chi connectivity index (χ0n) is 10.7. The van der Waals surface area contributed by atoms with Gasteiger partial charge in [-0.2, -0.15) is 0 Å². The van der Waals surface area contributed by atoms with Gasteiger partial charge in [0.2, 0.25) is 10.0 Å². The topological polar surface area (TPSA) is 83.9 Å². The number of ether oxygens (including phenoxy) is 1. The maximum Gasteiger partial charge on any atom is 0.335 e. The van der Waals surface area contributed by atoms with Gasteiger partial charge in [0.15, 0.2) is 0 Å². The van der Waals surface area contributed by atoms with Gasteiger partial charge < -0.3 is 9.84 Å². The van der Waals surface area contributed by atoms with Crippen molar-refractivity contribution in [3.63, 3.8) is 0 Å². The summed E-state index contributed by atoms with van der Waals surface area (Å²) in [6.45, 7) is 0. The van der Waals surface area contributed by atoms with E-state index in [0.717, 1.165) is 23.4 Å². The van der Waals surface area contributed by atoms with Crippen molar-refractivity contribution in [3.8, 4) is 5.75 Å². The molecule has 6 nitrogen and oxygen atoms in total. The van der Waals surface area contributed by atoms with Gasteiger partial charge in [0.05, 0.1) is 23.6 Å². The number of anilines is 1. The van der Waals surface area contributed by atoms with E-state index in [-0.39, 0.29) is 17.4 Å². The third-order valence-corrected chi connectivity index (χ3v) is 4.03. The van der Waals surface area contributed by atoms with Crippen LogP contribution in [-0.4, -0.2) is 38.9 Å². The number of hydrogen-bond acceptors (Lipinski definition) is 4. The number of aromatic carboxylic acids is 1. The lowest BCUT2D eigenvalue weighted by atomic mass is 10.2. The standard InChI is InChI=1S/C12H15NO5S/c1-13(19(2,16)17)9-5-8(12(14)15)6-11(7-9)18-10-3-4-10/h5-7,10H,3-4H2,1-2H3,(H,14,15). The Morgan fingerprint density at radius 2 is 2.00 bits per heavy atom. The molecule has 2 rings (SSSR count). The van der Waals surface area contributed by atoms with E-state index in [4.69, 9.17) is 9.84 Å². The first-order valence-corrected chi connectivity index (χ1v) is 7.61. The summed E-state index contributed by atoms with van der Waals surface area (Å²) in [5, 5.41) is 9.04. The molecule has 0 atom stereocenters. The summed E-state index contributed by atoms with van der Waals surface area (Å²) in [5.41, 5.74) is 0.279. The highest BCUT2D eigenvalue weighted by Crippen LogP contribution is 2.31. The number of rotatable bonds is 5. The fraction of sp³-hybridized carbons (Fsp3) is 0.417. The van der Waals surface area contributed by atoms with Crippen molar-refractivity contribution in [3.05, 3.63) is 23.8 Å². The van der Waals surface area contributed by atoms with Gasteiger partial charge in [-0.15, -0.1) is 0 Å². The van der Waals surface area contributed by atoms with Crippen molar-refractivity contribution in [2.45, 2.75) is 18.9 Å². The fourth-order valence-corrected chi connectivity index (χ4v) is 2.01. The lowest BCUT2D eigenvalue weighted by molar-refractivity contribution is 0.0696. The molecule has 1 aliphatic carbocycles. The average molecular weight is 285 g/mol. The molecule has 0 bridgehead atoms. The number of carboxylic acid groups (broad SMARTS) is 1. The molecule has 1 N–H and O–H groups in total. The van der Waals surface area contributed by atoms with E-state index >= 15 is 0 Å². The van der Waals surface area contributed by atoms with Crippen molar-refractivity contribution >= 4 is 21.7 Å². The maximum atomic E-state index is 11.5. The minimum Gasteiger partial charge on any atom is -0.490 e. The largest absolute Gasteiger partial charge is 0.490 e. The van der Waals surface area contributed by atoms with E-state index < -0.39 is 16.0 Å². The van der Waals surface area contributed by atoms with Crippen molar-refractivity contribution in [2.75, 3.05) is 17.6 Å². The first-order valence-electron chi connectivity index (χ1n) is 5.76. The second kappa shape index (κ2) is 4.73. The highest BCUT2D eigenvalue weighted by Gasteiger charge is 2.25. The maximum absolute atomic E-state index is 11.5. The lowest BCUT2D eigenvalue weighted by Crippen LogP contribution is -2.25. The molecule has 1 aliphatic rings. The summed E-state index contributed by atoms with van der Waals surface area (Å²) in [6.07, 6.45) is 3.05. The highest BCUT2D eigenvalue weighted by atomic mass is 32.2. The fourth-order valence-electron chi connectivity index (χ4n) is 1.53. The van der Waals surface area contributed by atoms with Crippen LogP contribution in [0.2, 0.25) is 0 Å². The van der Waals surface area contributed by atoms with Gasteiger partial charge in [-0.05, 0) is 25.0 Å². The van der Waals surface area contributed by atoms with Crippen LogP contribution < -0.4 is 9.04 Å². The summed E-state index contributed by atoms with van der Waals surface area (Å²) < 4.78 is 29.6. The van der Waals surface area contributed by atoms with Crippen LogP contribution in [0.5, 0.6) is 5.75 Å². The number of hydrogen-bond donors (Lipinski definition) is 1. The van der Waals surface area contributed by atoms with E-state index in [1.165, 1.54) is 25.2 Å². The van der Waals surface area contributed by atoms with Crippen LogP contribution in [0.25, 0.3) is 0 Å². The number of sulfonamides is 1. The minimum absolute atomic E-state index is 0.00338. The molecule has 0 heterocycles. The molecule has 1 fully saturated rings. The molecule has 104 valence electrons. The third-order valence-electron chi connectivity index (χ3n) is 2.83. The normalized spacial score (nSPS) is 15.1. The van der Waals surface area contributed by atoms with E-state index in [1.807, 2.05) is 0 Å². The van der Waals surface area contributed by atoms with Gasteiger partial charge >= 0.3 is 5.97 Å². The molecule has 1 saturated carbocycles. The summed E-state index contributed by atoms with van der Waals surface area (Å²) in [4.78, 5) is 11.1. The van der Waals surface area contributed by atoms with E-state index in [1.54, 1.807) is 0 Å². The second-order valence-corrected chi connectivity index (χ2v) is 6.58. The zero-order valence-corrected chi connectivity index (χ0v) is 11.5. The number of benzene rings is 1. The van der Waals surface area contributed by atoms with Crippen LogP contribution in [0.3, 0.4) is 0 Å². The first-order chi connectivity index (χ1) is 8.77. The number of carboxylic acids is 1. The minimum atomic E-state index is -3.44. The summed E-state index contributed by atoms with van der Waals surface area (Å²) >= 11 is 0. The summed E-state index contributed by atoms with van der Waals surface area (Å²) in [6, 6.07) is 4.25. The number of carbonyl (C=O) groups is 1. The second-order valence-electron chi connectivity index (χ2n) is 4.57. The zero-order chi connectivity index (χ0) is 14.2. The Morgan fingerprint density at radius 1 is 1.37 bits per heavy atom. The molecule has 1 aromatic carbocycles. The number of nitrogens with zero attached hydrogens (tertiary/aromatic N) is 1. The monoisotopic (exact) mass is 285 g/mol. The van der Waals surface area contributed by atoms with E-state index in [0.29, 0.717) is 5.75 Å². The van der Waals surface area contributed by atoms with Crippen LogP contribution in [0.1, 0.15) is 23.2 Å². The summed E-state index contributed by atoms with van der Waals surface area (Å²) in [5.74, 6) is -0.739. The highest BCUT2D eigenvalue weighted by molar-refractivity contribution is 7.92. The molecule has 0 aliphatic heterocycles. The van der Waals surface area contributed by atoms with Crippen LogP contribution >= 0.6 is 0 Å². The van der Waals surface area contributed by atoms with Gasteiger partial charge in [0.25, 0.3) is 0 Å². The van der Waals surface area contributed by atoms with Crippen molar-refractivity contribution in [2.24, 2.45) is 0 Å². The molecule has 0 aromatic heterocycles. The van der Waals surface area contributed by atoms with Crippen LogP contribution in [0, 0.1) is 0 Å². The average Bonchev–Trinajstić information content (AvgIpc) is 3.10. The van der Waals surface area contributed by atoms with Crippen LogP contribution in [0.4, 0.5) is 5.69 Å². The molecule has 1 aromatic rings. The molecular weight excluding hydrogens is 270 g/mol. The Bertz CT molecular complexity index is 607. The Morgan fingerprint density at radius 3 is 2.47 bits per heavy atom. The first kappa shape index (κ1) is 13.7. The smallest absolute Gasteiger partial charge is 0.335 e. The van der Waals surface area contributed by atoms with E-state index in [2.05, 4.69) is 0 Å². The third kappa shape index (κ3) is 3.37. The molecule has 0 spiro atoms. The Labute approximate surface area is 111 Å². The molecule has 7 heteroatoms. The summed E-state index contributed by atoms with van der Waals surface area (Å²) in [7, 11) is -2.07. The molecular formula is C12H15NO5S. The SMILES string of the molecule is CN(c1cc(OC2CC2)cc(C(=O)O)c1)S(C)(=O)=O. The molecule has 0 saturated heterocycles. The van der Waals surface area contributed by atoms with Crippen molar-refractivity contribution < 1.29 is 23.1 Å². The lowest BCUT2D eigenvalue weighted by Gasteiger charge is -2.18.